The normalized spacial score (nSPS) is 12.4. The SMILES string of the molecule is C[C@H](Cn1c(Cc2ccc(Cl)cc2)nc2ccccc21)C(=O)[O-]. The first-order chi connectivity index (χ1) is 11.0. The van der Waals surface area contributed by atoms with Crippen LogP contribution in [0, 0.1) is 5.92 Å². The van der Waals surface area contributed by atoms with Crippen LogP contribution in [0.25, 0.3) is 11.0 Å². The van der Waals surface area contributed by atoms with Gasteiger partial charge in [-0.05, 0) is 29.8 Å². The van der Waals surface area contributed by atoms with E-state index in [-0.39, 0.29) is 0 Å². The van der Waals surface area contributed by atoms with Crippen LogP contribution in [0.2, 0.25) is 5.02 Å². The molecular weight excluding hydrogens is 312 g/mol. The highest BCUT2D eigenvalue weighted by Gasteiger charge is 2.14. The van der Waals surface area contributed by atoms with Gasteiger partial charge in [-0.25, -0.2) is 4.98 Å². The Hall–Kier alpha value is -2.33. The van der Waals surface area contributed by atoms with Crippen LogP contribution in [0.5, 0.6) is 0 Å². The molecule has 0 bridgehead atoms. The summed E-state index contributed by atoms with van der Waals surface area (Å²) in [6, 6.07) is 15.3. The first-order valence-corrected chi connectivity index (χ1v) is 7.82. The van der Waals surface area contributed by atoms with Gasteiger partial charge in [0.15, 0.2) is 0 Å². The minimum absolute atomic E-state index is 0.339. The van der Waals surface area contributed by atoms with Crippen LogP contribution in [-0.2, 0) is 17.8 Å². The Morgan fingerprint density at radius 3 is 2.61 bits per heavy atom. The number of fused-ring (bicyclic) bond motifs is 1. The van der Waals surface area contributed by atoms with Gasteiger partial charge in [-0.1, -0.05) is 42.8 Å². The average Bonchev–Trinajstić information content (AvgIpc) is 2.87. The molecule has 2 aromatic carbocycles. The largest absolute Gasteiger partial charge is 0.550 e. The van der Waals surface area contributed by atoms with Crippen molar-refractivity contribution >= 4 is 28.6 Å². The molecule has 1 heterocycles. The van der Waals surface area contributed by atoms with Gasteiger partial charge in [0.2, 0.25) is 0 Å². The predicted molar refractivity (Wildman–Crippen MR) is 88.2 cm³/mol. The Balaban J connectivity index is 2.00. The molecule has 1 atom stereocenters. The van der Waals surface area contributed by atoms with E-state index in [0.29, 0.717) is 18.0 Å². The summed E-state index contributed by atoms with van der Waals surface area (Å²) >= 11 is 5.92. The number of hydrogen-bond acceptors (Lipinski definition) is 3. The van der Waals surface area contributed by atoms with E-state index < -0.39 is 11.9 Å². The predicted octanol–water partition coefficient (Wildman–Crippen LogP) is 2.67. The molecule has 4 nitrogen and oxygen atoms in total. The van der Waals surface area contributed by atoms with E-state index >= 15 is 0 Å². The molecule has 0 aliphatic heterocycles. The number of carboxylic acids is 1. The van der Waals surface area contributed by atoms with E-state index in [9.17, 15) is 9.90 Å². The number of aliphatic carboxylic acids is 1. The molecule has 0 spiro atoms. The molecular formula is C18H16ClN2O2-. The van der Waals surface area contributed by atoms with Crippen molar-refractivity contribution in [3.63, 3.8) is 0 Å². The molecule has 0 radical (unpaired) electrons. The van der Waals surface area contributed by atoms with Crippen molar-refractivity contribution in [2.75, 3.05) is 0 Å². The van der Waals surface area contributed by atoms with Gasteiger partial charge in [-0.15, -0.1) is 0 Å². The Morgan fingerprint density at radius 1 is 1.22 bits per heavy atom. The monoisotopic (exact) mass is 327 g/mol. The Bertz CT molecular complexity index is 840. The topological polar surface area (TPSA) is 58.0 Å². The number of rotatable bonds is 5. The van der Waals surface area contributed by atoms with Crippen molar-refractivity contribution in [2.24, 2.45) is 5.92 Å². The summed E-state index contributed by atoms with van der Waals surface area (Å²) in [6.07, 6.45) is 0.617. The highest BCUT2D eigenvalue weighted by Crippen LogP contribution is 2.21. The Morgan fingerprint density at radius 2 is 1.91 bits per heavy atom. The molecule has 3 aromatic rings. The van der Waals surface area contributed by atoms with E-state index in [0.717, 1.165) is 22.4 Å². The number of imidazole rings is 1. The zero-order chi connectivity index (χ0) is 16.4. The van der Waals surface area contributed by atoms with Crippen LogP contribution >= 0.6 is 11.6 Å². The van der Waals surface area contributed by atoms with Crippen LogP contribution in [-0.4, -0.2) is 15.5 Å². The van der Waals surface area contributed by atoms with Gasteiger partial charge in [-0.3, -0.25) is 0 Å². The number of nitrogens with zero attached hydrogens (tertiary/aromatic N) is 2. The van der Waals surface area contributed by atoms with Crippen molar-refractivity contribution in [1.29, 1.82) is 0 Å². The average molecular weight is 328 g/mol. The van der Waals surface area contributed by atoms with E-state index in [2.05, 4.69) is 4.98 Å². The maximum absolute atomic E-state index is 11.1. The van der Waals surface area contributed by atoms with Crippen LogP contribution in [0.4, 0.5) is 0 Å². The molecule has 0 amide bonds. The number of hydrogen-bond donors (Lipinski definition) is 0. The maximum atomic E-state index is 11.1. The molecule has 0 N–H and O–H groups in total. The summed E-state index contributed by atoms with van der Waals surface area (Å²) in [5, 5.41) is 11.8. The molecule has 118 valence electrons. The lowest BCUT2D eigenvalue weighted by atomic mass is 10.1. The molecule has 0 aliphatic carbocycles. The number of aromatic nitrogens is 2. The van der Waals surface area contributed by atoms with Gasteiger partial charge in [0.1, 0.15) is 5.82 Å². The highest BCUT2D eigenvalue weighted by molar-refractivity contribution is 6.30. The second-order valence-electron chi connectivity index (χ2n) is 5.65. The molecule has 0 saturated carbocycles. The Kier molecular flexibility index (Phi) is 4.35. The number of carbonyl (C=O) groups is 1. The van der Waals surface area contributed by atoms with E-state index in [4.69, 9.17) is 11.6 Å². The standard InChI is InChI=1S/C18H17ClN2O2/c1-12(18(22)23)11-21-16-5-3-2-4-15(16)20-17(21)10-13-6-8-14(19)9-7-13/h2-9,12H,10-11H2,1H3,(H,22,23)/p-1/t12-/m1/s1. The smallest absolute Gasteiger partial charge is 0.114 e. The van der Waals surface area contributed by atoms with Crippen molar-refractivity contribution in [2.45, 2.75) is 19.9 Å². The van der Waals surface area contributed by atoms with Gasteiger partial charge < -0.3 is 14.5 Å². The van der Waals surface area contributed by atoms with Gasteiger partial charge in [0.25, 0.3) is 0 Å². The minimum atomic E-state index is -1.06. The van der Waals surface area contributed by atoms with E-state index in [1.54, 1.807) is 6.92 Å². The lowest BCUT2D eigenvalue weighted by molar-refractivity contribution is -0.311. The quantitative estimate of drug-likeness (QED) is 0.724. The second-order valence-corrected chi connectivity index (χ2v) is 6.09. The summed E-state index contributed by atoms with van der Waals surface area (Å²) in [4.78, 5) is 15.8. The van der Waals surface area contributed by atoms with Crippen LogP contribution in [0.1, 0.15) is 18.3 Å². The third-order valence-corrected chi connectivity index (χ3v) is 4.12. The summed E-state index contributed by atoms with van der Waals surface area (Å²) < 4.78 is 1.96. The van der Waals surface area contributed by atoms with Gasteiger partial charge in [-0.2, -0.15) is 0 Å². The number of carboxylic acid groups (broad SMARTS) is 1. The number of carbonyl (C=O) groups excluding carboxylic acids is 1. The molecule has 0 fully saturated rings. The van der Waals surface area contributed by atoms with Gasteiger partial charge >= 0.3 is 0 Å². The van der Waals surface area contributed by atoms with Crippen LogP contribution in [0.3, 0.4) is 0 Å². The third kappa shape index (κ3) is 3.37. The second kappa shape index (κ2) is 6.42. The lowest BCUT2D eigenvalue weighted by Crippen LogP contribution is -2.32. The zero-order valence-electron chi connectivity index (χ0n) is 12.7. The highest BCUT2D eigenvalue weighted by atomic mass is 35.5. The van der Waals surface area contributed by atoms with Gasteiger partial charge in [0.05, 0.1) is 11.0 Å². The number of benzene rings is 2. The van der Waals surface area contributed by atoms with E-state index in [1.807, 2.05) is 53.1 Å². The maximum Gasteiger partial charge on any atom is 0.114 e. The minimum Gasteiger partial charge on any atom is -0.550 e. The summed E-state index contributed by atoms with van der Waals surface area (Å²) in [5.74, 6) is -0.807. The number of para-hydroxylation sites is 2. The van der Waals surface area contributed by atoms with E-state index in [1.165, 1.54) is 0 Å². The Labute approximate surface area is 139 Å². The van der Waals surface area contributed by atoms with Crippen LogP contribution < -0.4 is 5.11 Å². The van der Waals surface area contributed by atoms with Crippen molar-refractivity contribution in [1.82, 2.24) is 9.55 Å². The van der Waals surface area contributed by atoms with Crippen molar-refractivity contribution in [3.8, 4) is 0 Å². The summed E-state index contributed by atoms with van der Waals surface area (Å²) in [6.45, 7) is 1.99. The lowest BCUT2D eigenvalue weighted by Gasteiger charge is -2.16. The number of halogens is 1. The molecule has 3 rings (SSSR count). The third-order valence-electron chi connectivity index (χ3n) is 3.87. The van der Waals surface area contributed by atoms with Crippen molar-refractivity contribution < 1.29 is 9.90 Å². The first-order valence-electron chi connectivity index (χ1n) is 7.44. The fraction of sp³-hybridized carbons (Fsp3) is 0.222. The summed E-state index contributed by atoms with van der Waals surface area (Å²) in [7, 11) is 0. The molecule has 0 aliphatic rings. The summed E-state index contributed by atoms with van der Waals surface area (Å²) in [5.41, 5.74) is 2.87. The van der Waals surface area contributed by atoms with Crippen LogP contribution in [0.15, 0.2) is 48.5 Å². The first kappa shape index (κ1) is 15.6. The molecule has 0 unspecified atom stereocenters. The molecule has 23 heavy (non-hydrogen) atoms. The fourth-order valence-electron chi connectivity index (χ4n) is 2.60. The molecule has 0 saturated heterocycles. The zero-order valence-corrected chi connectivity index (χ0v) is 13.5. The molecule has 5 heteroatoms. The van der Waals surface area contributed by atoms with Crippen molar-refractivity contribution in [3.05, 3.63) is 64.9 Å². The fourth-order valence-corrected chi connectivity index (χ4v) is 2.72. The van der Waals surface area contributed by atoms with Gasteiger partial charge in [0, 0.05) is 29.9 Å². The molecule has 1 aromatic heterocycles.